The fourth-order valence-electron chi connectivity index (χ4n) is 1.35. The molecule has 18 heavy (non-hydrogen) atoms. The van der Waals surface area contributed by atoms with E-state index in [4.69, 9.17) is 10.5 Å². The van der Waals surface area contributed by atoms with Gasteiger partial charge in [0.2, 0.25) is 0 Å². The Bertz CT molecular complexity index is 537. The predicted molar refractivity (Wildman–Crippen MR) is 66.1 cm³/mol. The molecule has 0 saturated heterocycles. The molecule has 0 aliphatic heterocycles. The van der Waals surface area contributed by atoms with Crippen LogP contribution in [0.25, 0.3) is 0 Å². The Morgan fingerprint density at radius 2 is 1.94 bits per heavy atom. The van der Waals surface area contributed by atoms with E-state index in [0.29, 0.717) is 18.2 Å². The molecule has 0 unspecified atom stereocenters. The highest BCUT2D eigenvalue weighted by molar-refractivity contribution is 5.36. The zero-order valence-corrected chi connectivity index (χ0v) is 9.45. The van der Waals surface area contributed by atoms with Crippen LogP contribution in [0.15, 0.2) is 42.6 Å². The molecule has 6 heteroatoms. The number of hydrogen-bond acceptors (Lipinski definition) is 5. The van der Waals surface area contributed by atoms with Gasteiger partial charge < -0.3 is 10.5 Å². The van der Waals surface area contributed by atoms with Crippen LogP contribution in [0.5, 0.6) is 5.75 Å². The molecule has 0 aliphatic rings. The second-order valence-corrected chi connectivity index (χ2v) is 3.63. The van der Waals surface area contributed by atoms with Gasteiger partial charge >= 0.3 is 0 Å². The quantitative estimate of drug-likeness (QED) is 0.658. The highest BCUT2D eigenvalue weighted by atomic mass is 16.6. The molecule has 0 radical (unpaired) electrons. The molecule has 2 rings (SSSR count). The van der Waals surface area contributed by atoms with Crippen LogP contribution < -0.4 is 10.5 Å². The first-order chi connectivity index (χ1) is 8.65. The van der Waals surface area contributed by atoms with Crippen molar-refractivity contribution < 1.29 is 9.66 Å². The van der Waals surface area contributed by atoms with Crippen molar-refractivity contribution in [2.24, 2.45) is 0 Å². The van der Waals surface area contributed by atoms with Gasteiger partial charge in [0.15, 0.2) is 0 Å². The summed E-state index contributed by atoms with van der Waals surface area (Å²) in [6.07, 6.45) is 1.63. The second kappa shape index (κ2) is 5.13. The number of nitrogen functional groups attached to an aromatic ring is 1. The number of ether oxygens (including phenoxy) is 1. The highest BCUT2D eigenvalue weighted by Crippen LogP contribution is 2.18. The van der Waals surface area contributed by atoms with Crippen molar-refractivity contribution >= 4 is 11.5 Å². The SMILES string of the molecule is Nc1ccc(COc2ccc([N+](=O)[O-])cc2)cn1. The molecule has 0 fully saturated rings. The van der Waals surface area contributed by atoms with Crippen LogP contribution in [0.4, 0.5) is 11.5 Å². The van der Waals surface area contributed by atoms with Gasteiger partial charge in [-0.05, 0) is 18.2 Å². The molecule has 0 atom stereocenters. The number of hydrogen-bond donors (Lipinski definition) is 1. The first-order valence-electron chi connectivity index (χ1n) is 5.23. The lowest BCUT2D eigenvalue weighted by molar-refractivity contribution is -0.384. The van der Waals surface area contributed by atoms with Gasteiger partial charge in [-0.3, -0.25) is 10.1 Å². The minimum Gasteiger partial charge on any atom is -0.489 e. The van der Waals surface area contributed by atoms with E-state index in [-0.39, 0.29) is 5.69 Å². The Kier molecular flexibility index (Phi) is 3.38. The lowest BCUT2D eigenvalue weighted by Gasteiger charge is -2.05. The molecule has 2 N–H and O–H groups in total. The summed E-state index contributed by atoms with van der Waals surface area (Å²) in [5.74, 6) is 1.02. The number of non-ortho nitro benzene ring substituents is 1. The lowest BCUT2D eigenvalue weighted by Crippen LogP contribution is -1.97. The van der Waals surface area contributed by atoms with Gasteiger partial charge in [-0.2, -0.15) is 0 Å². The summed E-state index contributed by atoms with van der Waals surface area (Å²) in [6, 6.07) is 9.42. The molecule has 1 heterocycles. The van der Waals surface area contributed by atoms with Gasteiger partial charge in [0.1, 0.15) is 18.2 Å². The van der Waals surface area contributed by atoms with Crippen LogP contribution in [0, 0.1) is 10.1 Å². The van der Waals surface area contributed by atoms with Crippen molar-refractivity contribution in [3.05, 3.63) is 58.3 Å². The molecule has 0 aliphatic carbocycles. The number of benzene rings is 1. The molecule has 92 valence electrons. The Morgan fingerprint density at radius 1 is 1.22 bits per heavy atom. The van der Waals surface area contributed by atoms with Crippen molar-refractivity contribution in [3.63, 3.8) is 0 Å². The molecular formula is C12H11N3O3. The van der Waals surface area contributed by atoms with E-state index in [2.05, 4.69) is 4.98 Å². The van der Waals surface area contributed by atoms with Gasteiger partial charge in [-0.1, -0.05) is 6.07 Å². The third kappa shape index (κ3) is 2.94. The Morgan fingerprint density at radius 3 is 2.50 bits per heavy atom. The fourth-order valence-corrected chi connectivity index (χ4v) is 1.35. The maximum atomic E-state index is 10.5. The molecule has 0 saturated carbocycles. The van der Waals surface area contributed by atoms with Gasteiger partial charge in [0.05, 0.1) is 4.92 Å². The first kappa shape index (κ1) is 11.8. The zero-order valence-electron chi connectivity index (χ0n) is 9.45. The largest absolute Gasteiger partial charge is 0.489 e. The van der Waals surface area contributed by atoms with Crippen LogP contribution in [0.1, 0.15) is 5.56 Å². The van der Waals surface area contributed by atoms with Crippen molar-refractivity contribution in [1.29, 1.82) is 0 Å². The normalized spacial score (nSPS) is 10.0. The number of anilines is 1. The maximum absolute atomic E-state index is 10.5. The zero-order chi connectivity index (χ0) is 13.0. The average Bonchev–Trinajstić information content (AvgIpc) is 2.38. The van der Waals surface area contributed by atoms with E-state index >= 15 is 0 Å². The van der Waals surface area contributed by atoms with E-state index in [0.717, 1.165) is 5.56 Å². The summed E-state index contributed by atoms with van der Waals surface area (Å²) in [5.41, 5.74) is 6.38. The van der Waals surface area contributed by atoms with E-state index in [1.807, 2.05) is 6.07 Å². The topological polar surface area (TPSA) is 91.3 Å². The highest BCUT2D eigenvalue weighted by Gasteiger charge is 2.04. The van der Waals surface area contributed by atoms with Crippen LogP contribution >= 0.6 is 0 Å². The van der Waals surface area contributed by atoms with Crippen molar-refractivity contribution in [3.8, 4) is 5.75 Å². The minimum atomic E-state index is -0.451. The molecule has 2 aromatic rings. The van der Waals surface area contributed by atoms with Crippen molar-refractivity contribution in [2.45, 2.75) is 6.61 Å². The van der Waals surface area contributed by atoms with Crippen LogP contribution in [-0.2, 0) is 6.61 Å². The molecule has 1 aromatic heterocycles. The number of pyridine rings is 1. The minimum absolute atomic E-state index is 0.0384. The molecule has 0 spiro atoms. The number of aromatic nitrogens is 1. The van der Waals surface area contributed by atoms with E-state index < -0.39 is 4.92 Å². The van der Waals surface area contributed by atoms with Crippen LogP contribution in [-0.4, -0.2) is 9.91 Å². The third-order valence-electron chi connectivity index (χ3n) is 2.30. The molecule has 6 nitrogen and oxygen atoms in total. The summed E-state index contributed by atoms with van der Waals surface area (Å²) in [4.78, 5) is 14.0. The van der Waals surface area contributed by atoms with E-state index in [1.54, 1.807) is 24.4 Å². The molecule has 0 bridgehead atoms. The standard InChI is InChI=1S/C12H11N3O3/c13-12-6-1-9(7-14-12)8-18-11-4-2-10(3-5-11)15(16)17/h1-7H,8H2,(H2,13,14). The van der Waals surface area contributed by atoms with Crippen LogP contribution in [0.2, 0.25) is 0 Å². The maximum Gasteiger partial charge on any atom is 0.269 e. The Labute approximate surface area is 103 Å². The third-order valence-corrected chi connectivity index (χ3v) is 2.30. The van der Waals surface area contributed by atoms with E-state index in [9.17, 15) is 10.1 Å². The Hall–Kier alpha value is -2.63. The van der Waals surface area contributed by atoms with Crippen molar-refractivity contribution in [1.82, 2.24) is 4.98 Å². The smallest absolute Gasteiger partial charge is 0.269 e. The van der Waals surface area contributed by atoms with Gasteiger partial charge in [-0.15, -0.1) is 0 Å². The molecular weight excluding hydrogens is 234 g/mol. The number of nitro benzene ring substituents is 1. The van der Waals surface area contributed by atoms with Crippen molar-refractivity contribution in [2.75, 3.05) is 5.73 Å². The number of nitrogens with zero attached hydrogens (tertiary/aromatic N) is 2. The summed E-state index contributed by atoms with van der Waals surface area (Å²) in [7, 11) is 0. The lowest BCUT2D eigenvalue weighted by atomic mass is 10.3. The summed E-state index contributed by atoms with van der Waals surface area (Å²) >= 11 is 0. The van der Waals surface area contributed by atoms with Gasteiger partial charge in [0.25, 0.3) is 5.69 Å². The summed E-state index contributed by atoms with van der Waals surface area (Å²) < 4.78 is 5.46. The molecule has 1 aromatic carbocycles. The Balaban J connectivity index is 1.97. The predicted octanol–water partition coefficient (Wildman–Crippen LogP) is 2.15. The average molecular weight is 245 g/mol. The van der Waals surface area contributed by atoms with Gasteiger partial charge in [-0.25, -0.2) is 4.98 Å². The fraction of sp³-hybridized carbons (Fsp3) is 0.0833. The summed E-state index contributed by atoms with van der Waals surface area (Å²) in [5, 5.41) is 10.5. The number of nitrogens with two attached hydrogens (primary N) is 1. The second-order valence-electron chi connectivity index (χ2n) is 3.63. The number of nitro groups is 1. The van der Waals surface area contributed by atoms with Gasteiger partial charge in [0, 0.05) is 23.9 Å². The van der Waals surface area contributed by atoms with E-state index in [1.165, 1.54) is 12.1 Å². The molecule has 0 amide bonds. The van der Waals surface area contributed by atoms with Crippen LogP contribution in [0.3, 0.4) is 0 Å². The first-order valence-corrected chi connectivity index (χ1v) is 5.23. The monoisotopic (exact) mass is 245 g/mol. The number of rotatable bonds is 4. The summed E-state index contributed by atoms with van der Waals surface area (Å²) in [6.45, 7) is 0.338.